The van der Waals surface area contributed by atoms with Crippen LogP contribution in [0.4, 0.5) is 18.9 Å². The summed E-state index contributed by atoms with van der Waals surface area (Å²) in [6, 6.07) is 12.0. The maximum atomic E-state index is 12.3. The highest BCUT2D eigenvalue weighted by Gasteiger charge is 2.38. The molecule has 2 unspecified atom stereocenters. The van der Waals surface area contributed by atoms with E-state index >= 15 is 0 Å². The summed E-state index contributed by atoms with van der Waals surface area (Å²) in [6.45, 7) is 3.80. The van der Waals surface area contributed by atoms with Gasteiger partial charge in [-0.15, -0.1) is 0 Å². The molecule has 0 bridgehead atoms. The van der Waals surface area contributed by atoms with Crippen LogP contribution in [0.15, 0.2) is 46.9 Å². The van der Waals surface area contributed by atoms with E-state index < -0.39 is 18.1 Å². The van der Waals surface area contributed by atoms with Crippen LogP contribution in [0.5, 0.6) is 5.75 Å². The van der Waals surface area contributed by atoms with Crippen LogP contribution >= 0.6 is 15.9 Å². The monoisotopic (exact) mass is 615 g/mol. The van der Waals surface area contributed by atoms with Crippen LogP contribution in [-0.2, 0) is 14.4 Å². The average Bonchev–Trinajstić information content (AvgIpc) is 3.24. The van der Waals surface area contributed by atoms with Gasteiger partial charge >= 0.3 is 12.1 Å². The Hall–Kier alpha value is -3.65. The summed E-state index contributed by atoms with van der Waals surface area (Å²) < 4.78 is 38.6. The van der Waals surface area contributed by atoms with Crippen molar-refractivity contribution in [2.75, 3.05) is 25.5 Å². The highest BCUT2D eigenvalue weighted by atomic mass is 79.9. The van der Waals surface area contributed by atoms with Crippen LogP contribution in [0.25, 0.3) is 0 Å². The fraction of sp³-hybridized carbons (Fsp3) is 0.360. The summed E-state index contributed by atoms with van der Waals surface area (Å²) in [5.74, 6) is -2.82. The Kier molecular flexibility index (Phi) is 11.3. The summed E-state index contributed by atoms with van der Waals surface area (Å²) in [5.41, 5.74) is 7.42. The quantitative estimate of drug-likeness (QED) is 0.172. The zero-order valence-corrected chi connectivity index (χ0v) is 22.7. The van der Waals surface area contributed by atoms with Crippen molar-refractivity contribution >= 4 is 45.2 Å². The third-order valence-electron chi connectivity index (χ3n) is 5.52. The number of hydrogen-bond acceptors (Lipinski definition) is 6. The van der Waals surface area contributed by atoms with Crippen LogP contribution in [-0.4, -0.2) is 66.0 Å². The Balaban J connectivity index is 0.000000673. The van der Waals surface area contributed by atoms with Gasteiger partial charge in [0.25, 0.3) is 0 Å². The molecule has 39 heavy (non-hydrogen) atoms. The molecule has 2 atom stereocenters. The number of nitrogen functional groups attached to an aromatic ring is 1. The van der Waals surface area contributed by atoms with E-state index in [-0.39, 0.29) is 30.3 Å². The van der Waals surface area contributed by atoms with Gasteiger partial charge in [-0.2, -0.15) is 13.2 Å². The molecule has 212 valence electrons. The van der Waals surface area contributed by atoms with Crippen LogP contribution in [0.1, 0.15) is 36.9 Å². The van der Waals surface area contributed by atoms with E-state index in [1.165, 1.54) is 0 Å². The van der Waals surface area contributed by atoms with Crippen LogP contribution in [0, 0.1) is 5.41 Å². The first-order valence-electron chi connectivity index (χ1n) is 11.6. The van der Waals surface area contributed by atoms with Gasteiger partial charge in [0.2, 0.25) is 11.8 Å². The first-order valence-corrected chi connectivity index (χ1v) is 12.4. The zero-order chi connectivity index (χ0) is 29.3. The van der Waals surface area contributed by atoms with Crippen LogP contribution in [0.3, 0.4) is 0 Å². The Morgan fingerprint density at radius 3 is 2.31 bits per heavy atom. The highest BCUT2D eigenvalue weighted by molar-refractivity contribution is 9.10. The lowest BCUT2D eigenvalue weighted by Gasteiger charge is -2.18. The smallest absolute Gasteiger partial charge is 0.488 e. The number of likely N-dealkylation sites (N-methyl/N-ethyl adjacent to an activating group) is 1. The number of carboxylic acids is 1. The first kappa shape index (κ1) is 31.6. The Labute approximate surface area is 231 Å². The van der Waals surface area contributed by atoms with Crippen molar-refractivity contribution in [1.82, 2.24) is 10.2 Å². The van der Waals surface area contributed by atoms with Gasteiger partial charge < -0.3 is 31.1 Å². The van der Waals surface area contributed by atoms with Gasteiger partial charge in [0.15, 0.2) is 0 Å². The number of amides is 2. The molecule has 2 aromatic carbocycles. The number of benzene rings is 2. The first-order chi connectivity index (χ1) is 18.1. The van der Waals surface area contributed by atoms with Crippen molar-refractivity contribution in [3.05, 3.63) is 58.1 Å². The SMILES string of the molecule is CC(NC(=O)CC(=O)Nc1ccc(C(=N)N)cc1)c1ccc(OC2CCN(C)C2)c(Br)c1.O=C(O)C(F)(F)F. The third-order valence-corrected chi connectivity index (χ3v) is 6.14. The van der Waals surface area contributed by atoms with Gasteiger partial charge in [-0.25, -0.2) is 4.79 Å². The lowest BCUT2D eigenvalue weighted by Crippen LogP contribution is -2.30. The van der Waals surface area contributed by atoms with Crippen molar-refractivity contribution in [2.45, 2.75) is 38.1 Å². The number of carboxylic acid groups (broad SMARTS) is 1. The van der Waals surface area contributed by atoms with Gasteiger partial charge in [-0.3, -0.25) is 15.0 Å². The van der Waals surface area contributed by atoms with Crippen molar-refractivity contribution in [3.63, 3.8) is 0 Å². The lowest BCUT2D eigenvalue weighted by atomic mass is 10.1. The molecule has 0 aliphatic carbocycles. The summed E-state index contributed by atoms with van der Waals surface area (Å²) in [7, 11) is 2.08. The third kappa shape index (κ3) is 10.6. The Bertz CT molecular complexity index is 1190. The molecule has 1 saturated heterocycles. The molecule has 0 spiro atoms. The number of carbonyl (C=O) groups is 3. The number of alkyl halides is 3. The van der Waals surface area contributed by atoms with Crippen LogP contribution < -0.4 is 21.1 Å². The predicted octanol–water partition coefficient (Wildman–Crippen LogP) is 3.66. The molecular formula is C25H29BrF3N5O5. The maximum Gasteiger partial charge on any atom is 0.490 e. The standard InChI is InChI=1S/C23H28BrN5O3.C2HF3O2/c1-14(16-5-8-20(19(24)11-16)32-18-9-10-29(2)13-18)27-21(30)12-22(31)28-17-6-3-15(4-7-17)23(25)26;3-2(4,5)1(6)7/h3-8,11,14,18H,9-10,12-13H2,1-2H3,(H3,25,26)(H,27,30)(H,28,31);(H,6,7). The number of nitrogens with zero attached hydrogens (tertiary/aromatic N) is 1. The minimum atomic E-state index is -5.08. The van der Waals surface area contributed by atoms with Gasteiger partial charge in [0.1, 0.15) is 24.1 Å². The topological polar surface area (TPSA) is 158 Å². The second kappa shape index (κ2) is 13.9. The van der Waals surface area contributed by atoms with Gasteiger partial charge in [0.05, 0.1) is 10.5 Å². The zero-order valence-electron chi connectivity index (χ0n) is 21.1. The van der Waals surface area contributed by atoms with E-state index in [0.29, 0.717) is 11.3 Å². The average molecular weight is 616 g/mol. The number of likely N-dealkylation sites (tertiary alicyclic amines) is 1. The molecule has 10 nitrogen and oxygen atoms in total. The highest BCUT2D eigenvalue weighted by Crippen LogP contribution is 2.30. The summed E-state index contributed by atoms with van der Waals surface area (Å²) in [4.78, 5) is 35.6. The van der Waals surface area contributed by atoms with E-state index in [0.717, 1.165) is 35.3 Å². The molecule has 6 N–H and O–H groups in total. The molecule has 2 aromatic rings. The van der Waals surface area contributed by atoms with Gasteiger partial charge in [-0.1, -0.05) is 6.07 Å². The molecule has 14 heteroatoms. The molecule has 0 saturated carbocycles. The number of nitrogens with one attached hydrogen (secondary N) is 3. The number of carbonyl (C=O) groups excluding carboxylic acids is 2. The van der Waals surface area contributed by atoms with E-state index in [2.05, 4.69) is 38.5 Å². The molecular weight excluding hydrogens is 587 g/mol. The minimum absolute atomic E-state index is 0.0476. The number of ether oxygens (including phenoxy) is 1. The summed E-state index contributed by atoms with van der Waals surface area (Å²) in [5, 5.41) is 20.0. The molecule has 3 rings (SSSR count). The number of rotatable bonds is 8. The van der Waals surface area contributed by atoms with E-state index in [4.69, 9.17) is 25.8 Å². The van der Waals surface area contributed by atoms with E-state index in [1.807, 2.05) is 25.1 Å². The summed E-state index contributed by atoms with van der Waals surface area (Å²) >= 11 is 3.56. The molecule has 1 heterocycles. The number of halogens is 4. The number of amidine groups is 1. The molecule has 0 aromatic heterocycles. The Morgan fingerprint density at radius 1 is 1.21 bits per heavy atom. The fourth-order valence-corrected chi connectivity index (χ4v) is 4.00. The maximum absolute atomic E-state index is 12.3. The van der Waals surface area contributed by atoms with Gasteiger partial charge in [0, 0.05) is 24.3 Å². The van der Waals surface area contributed by atoms with Gasteiger partial charge in [-0.05, 0) is 78.3 Å². The number of aliphatic carboxylic acids is 1. The molecule has 1 aliphatic rings. The predicted molar refractivity (Wildman–Crippen MR) is 142 cm³/mol. The lowest BCUT2D eigenvalue weighted by molar-refractivity contribution is -0.192. The fourth-order valence-electron chi connectivity index (χ4n) is 3.51. The Morgan fingerprint density at radius 2 is 1.82 bits per heavy atom. The summed E-state index contributed by atoms with van der Waals surface area (Å²) in [6.07, 6.45) is -4.20. The largest absolute Gasteiger partial charge is 0.490 e. The molecule has 1 aliphatic heterocycles. The molecule has 0 radical (unpaired) electrons. The minimum Gasteiger partial charge on any atom is -0.488 e. The second-order valence-corrected chi connectivity index (χ2v) is 9.64. The number of anilines is 1. The van der Waals surface area contributed by atoms with Crippen molar-refractivity contribution in [2.24, 2.45) is 5.73 Å². The van der Waals surface area contributed by atoms with E-state index in [9.17, 15) is 22.8 Å². The van der Waals surface area contributed by atoms with Crippen molar-refractivity contribution < 1.29 is 37.4 Å². The number of hydrogen-bond donors (Lipinski definition) is 5. The van der Waals surface area contributed by atoms with Crippen molar-refractivity contribution in [3.8, 4) is 5.75 Å². The number of nitrogens with two attached hydrogens (primary N) is 1. The van der Waals surface area contributed by atoms with Crippen molar-refractivity contribution in [1.29, 1.82) is 5.41 Å². The second-order valence-electron chi connectivity index (χ2n) is 8.79. The molecule has 2 amide bonds. The van der Waals surface area contributed by atoms with Crippen LogP contribution in [0.2, 0.25) is 0 Å². The molecule has 1 fully saturated rings. The normalized spacial score (nSPS) is 15.9. The van der Waals surface area contributed by atoms with E-state index in [1.54, 1.807) is 24.3 Å².